The molecule has 0 aromatic heterocycles. The minimum Gasteiger partial charge on any atom is -0.497 e. The maximum absolute atomic E-state index is 12.7. The molecule has 0 aliphatic carbocycles. The van der Waals surface area contributed by atoms with E-state index in [9.17, 15) is 14.7 Å². The van der Waals surface area contributed by atoms with E-state index in [1.807, 2.05) is 54.6 Å². The zero-order valence-corrected chi connectivity index (χ0v) is 14.1. The number of benzene rings is 2. The average Bonchev–Trinajstić information content (AvgIpc) is 3.08. The van der Waals surface area contributed by atoms with Gasteiger partial charge in [-0.15, -0.1) is 0 Å². The third-order valence-corrected chi connectivity index (χ3v) is 4.71. The molecular weight excluding hydrogens is 318 g/mol. The van der Waals surface area contributed by atoms with Gasteiger partial charge in [0.05, 0.1) is 19.4 Å². The highest BCUT2D eigenvalue weighted by atomic mass is 16.5. The summed E-state index contributed by atoms with van der Waals surface area (Å²) in [6.07, 6.45) is 0.241. The van der Waals surface area contributed by atoms with Gasteiger partial charge >= 0.3 is 5.97 Å². The van der Waals surface area contributed by atoms with Crippen LogP contribution in [-0.2, 0) is 16.0 Å². The second-order valence-corrected chi connectivity index (χ2v) is 6.29. The van der Waals surface area contributed by atoms with E-state index in [0.29, 0.717) is 12.3 Å². The van der Waals surface area contributed by atoms with Crippen molar-refractivity contribution in [2.24, 2.45) is 5.92 Å². The molecule has 3 rings (SSSR count). The first kappa shape index (κ1) is 17.0. The van der Waals surface area contributed by atoms with Gasteiger partial charge in [-0.1, -0.05) is 42.5 Å². The van der Waals surface area contributed by atoms with E-state index in [1.54, 1.807) is 12.0 Å². The number of ether oxygens (including phenoxy) is 1. The molecule has 1 heterocycles. The highest BCUT2D eigenvalue weighted by Gasteiger charge is 2.40. The first-order valence-electron chi connectivity index (χ1n) is 8.27. The highest BCUT2D eigenvalue weighted by Crippen LogP contribution is 2.33. The summed E-state index contributed by atoms with van der Waals surface area (Å²) in [6.45, 7) is 0.682. The fourth-order valence-corrected chi connectivity index (χ4v) is 3.36. The first-order chi connectivity index (χ1) is 12.1. The number of nitrogens with zero attached hydrogens (tertiary/aromatic N) is 1. The molecule has 1 aliphatic heterocycles. The molecule has 0 radical (unpaired) electrons. The lowest BCUT2D eigenvalue weighted by molar-refractivity contribution is -0.141. The number of aliphatic carboxylic acids is 1. The number of methoxy groups -OCH3 is 1. The number of carboxylic acids is 1. The Morgan fingerprint density at radius 2 is 1.88 bits per heavy atom. The quantitative estimate of drug-likeness (QED) is 0.909. The molecule has 1 saturated heterocycles. The third kappa shape index (κ3) is 3.82. The Hall–Kier alpha value is -2.82. The van der Waals surface area contributed by atoms with Crippen LogP contribution in [0.2, 0.25) is 0 Å². The van der Waals surface area contributed by atoms with E-state index in [-0.39, 0.29) is 24.8 Å². The second kappa shape index (κ2) is 7.38. The molecule has 1 amide bonds. The van der Waals surface area contributed by atoms with Crippen LogP contribution in [0.4, 0.5) is 0 Å². The van der Waals surface area contributed by atoms with Crippen molar-refractivity contribution < 1.29 is 19.4 Å². The van der Waals surface area contributed by atoms with E-state index in [2.05, 4.69) is 0 Å². The van der Waals surface area contributed by atoms with Gasteiger partial charge in [0.2, 0.25) is 5.91 Å². The van der Waals surface area contributed by atoms with Crippen LogP contribution in [0.25, 0.3) is 0 Å². The minimum atomic E-state index is -0.856. The van der Waals surface area contributed by atoms with Gasteiger partial charge in [0.1, 0.15) is 5.75 Å². The van der Waals surface area contributed by atoms with Crippen LogP contribution in [0, 0.1) is 5.92 Å². The zero-order chi connectivity index (χ0) is 17.8. The number of hydrogen-bond acceptors (Lipinski definition) is 3. The molecular formula is C20H21NO4. The normalized spacial score (nSPS) is 19.6. The third-order valence-electron chi connectivity index (χ3n) is 4.71. The number of carboxylic acid groups (broad SMARTS) is 1. The van der Waals surface area contributed by atoms with Crippen LogP contribution < -0.4 is 4.74 Å². The van der Waals surface area contributed by atoms with Crippen LogP contribution in [0.1, 0.15) is 17.0 Å². The number of carbonyl (C=O) groups excluding carboxylic acids is 1. The lowest BCUT2D eigenvalue weighted by Crippen LogP contribution is -2.31. The van der Waals surface area contributed by atoms with Gasteiger partial charge in [-0.25, -0.2) is 0 Å². The van der Waals surface area contributed by atoms with Crippen molar-refractivity contribution in [1.29, 1.82) is 0 Å². The lowest BCUT2D eigenvalue weighted by atomic mass is 9.89. The SMILES string of the molecule is COc1cccc(CC(=O)N2C[C@H](C(=O)O)[C@H](c3ccccc3)C2)c1. The molecule has 1 aliphatic rings. The van der Waals surface area contributed by atoms with Crippen LogP contribution in [0.15, 0.2) is 54.6 Å². The maximum Gasteiger partial charge on any atom is 0.308 e. The van der Waals surface area contributed by atoms with Crippen molar-refractivity contribution in [3.63, 3.8) is 0 Å². The van der Waals surface area contributed by atoms with Gasteiger partial charge in [-0.3, -0.25) is 9.59 Å². The van der Waals surface area contributed by atoms with Crippen molar-refractivity contribution in [2.75, 3.05) is 20.2 Å². The highest BCUT2D eigenvalue weighted by molar-refractivity contribution is 5.81. The number of rotatable bonds is 5. The van der Waals surface area contributed by atoms with Gasteiger partial charge in [0.25, 0.3) is 0 Å². The molecule has 0 spiro atoms. The van der Waals surface area contributed by atoms with Crippen molar-refractivity contribution >= 4 is 11.9 Å². The molecule has 5 heteroatoms. The molecule has 1 fully saturated rings. The van der Waals surface area contributed by atoms with E-state index < -0.39 is 11.9 Å². The largest absolute Gasteiger partial charge is 0.497 e. The maximum atomic E-state index is 12.7. The number of carbonyl (C=O) groups is 2. The Bertz CT molecular complexity index is 759. The number of likely N-dealkylation sites (tertiary alicyclic amines) is 1. The molecule has 1 N–H and O–H groups in total. The minimum absolute atomic E-state index is 0.0575. The average molecular weight is 339 g/mol. The summed E-state index contributed by atoms with van der Waals surface area (Å²) < 4.78 is 5.18. The fraction of sp³-hybridized carbons (Fsp3) is 0.300. The molecule has 2 aromatic carbocycles. The number of hydrogen-bond donors (Lipinski definition) is 1. The predicted molar refractivity (Wildman–Crippen MR) is 93.6 cm³/mol. The summed E-state index contributed by atoms with van der Waals surface area (Å²) in [5.41, 5.74) is 1.82. The fourth-order valence-electron chi connectivity index (χ4n) is 3.36. The first-order valence-corrected chi connectivity index (χ1v) is 8.27. The number of amides is 1. The van der Waals surface area contributed by atoms with Crippen LogP contribution in [-0.4, -0.2) is 42.1 Å². The van der Waals surface area contributed by atoms with Crippen molar-refractivity contribution in [1.82, 2.24) is 4.90 Å². The van der Waals surface area contributed by atoms with E-state index in [0.717, 1.165) is 11.1 Å². The van der Waals surface area contributed by atoms with E-state index >= 15 is 0 Å². The van der Waals surface area contributed by atoms with Crippen LogP contribution in [0.3, 0.4) is 0 Å². The molecule has 130 valence electrons. The molecule has 0 unspecified atom stereocenters. The summed E-state index contributed by atoms with van der Waals surface area (Å²) in [5, 5.41) is 9.55. The van der Waals surface area contributed by atoms with Gasteiger partial charge in [-0.2, -0.15) is 0 Å². The summed E-state index contributed by atoms with van der Waals surface area (Å²) in [4.78, 5) is 26.0. The smallest absolute Gasteiger partial charge is 0.308 e. The van der Waals surface area contributed by atoms with E-state index in [4.69, 9.17) is 4.74 Å². The summed E-state index contributed by atoms with van der Waals surface area (Å²) in [6, 6.07) is 16.9. The Morgan fingerprint density at radius 1 is 1.12 bits per heavy atom. The Labute approximate surface area is 146 Å². The molecule has 25 heavy (non-hydrogen) atoms. The van der Waals surface area contributed by atoms with E-state index in [1.165, 1.54) is 0 Å². The Balaban J connectivity index is 1.74. The molecule has 0 saturated carbocycles. The topological polar surface area (TPSA) is 66.8 Å². The molecule has 2 atom stereocenters. The summed E-state index contributed by atoms with van der Waals surface area (Å²) in [5.74, 6) is -0.953. The molecule has 2 aromatic rings. The Morgan fingerprint density at radius 3 is 2.56 bits per heavy atom. The monoisotopic (exact) mass is 339 g/mol. The molecule has 5 nitrogen and oxygen atoms in total. The van der Waals surface area contributed by atoms with Gasteiger partial charge in [-0.05, 0) is 23.3 Å². The van der Waals surface area contributed by atoms with Crippen molar-refractivity contribution in [3.05, 3.63) is 65.7 Å². The summed E-state index contributed by atoms with van der Waals surface area (Å²) in [7, 11) is 1.59. The van der Waals surface area contributed by atoms with Gasteiger partial charge < -0.3 is 14.7 Å². The summed E-state index contributed by atoms with van der Waals surface area (Å²) >= 11 is 0. The Kier molecular flexibility index (Phi) is 5.03. The van der Waals surface area contributed by atoms with Crippen LogP contribution in [0.5, 0.6) is 5.75 Å². The second-order valence-electron chi connectivity index (χ2n) is 6.29. The zero-order valence-electron chi connectivity index (χ0n) is 14.1. The standard InChI is InChI=1S/C20H21NO4/c1-25-16-9-5-6-14(10-16)11-19(22)21-12-17(18(13-21)20(23)24)15-7-3-2-4-8-15/h2-10,17-18H,11-13H2,1H3,(H,23,24)/t17-,18-/m0/s1. The van der Waals surface area contributed by atoms with Crippen molar-refractivity contribution in [2.45, 2.75) is 12.3 Å². The van der Waals surface area contributed by atoms with Crippen molar-refractivity contribution in [3.8, 4) is 5.75 Å². The predicted octanol–water partition coefficient (Wildman–Crippen LogP) is 2.56. The lowest BCUT2D eigenvalue weighted by Gasteiger charge is -2.17. The molecule has 0 bridgehead atoms. The van der Waals surface area contributed by atoms with Gasteiger partial charge in [0, 0.05) is 19.0 Å². The van der Waals surface area contributed by atoms with Gasteiger partial charge in [0.15, 0.2) is 0 Å². The van der Waals surface area contributed by atoms with Crippen LogP contribution >= 0.6 is 0 Å².